The van der Waals surface area contributed by atoms with Crippen molar-refractivity contribution in [3.63, 3.8) is 0 Å². The molecular formula is C10H9F3O4S. The molecule has 0 aromatic heterocycles. The van der Waals surface area contributed by atoms with Gasteiger partial charge in [-0.25, -0.2) is 0 Å². The molecule has 0 heterocycles. The number of Topliss-reactive ketones (excluding diaryl/α,β-unsaturated/α-hetero) is 1. The molecule has 4 nitrogen and oxygen atoms in total. The molecule has 0 atom stereocenters. The third-order valence-corrected chi connectivity index (χ3v) is 2.96. The van der Waals surface area contributed by atoms with Gasteiger partial charge in [0.15, 0.2) is 11.5 Å². The van der Waals surface area contributed by atoms with Crippen LogP contribution in [-0.2, 0) is 10.1 Å². The minimum Gasteiger partial charge on any atom is -0.375 e. The molecule has 0 N–H and O–H groups in total. The first-order valence-electron chi connectivity index (χ1n) is 4.67. The number of benzene rings is 1. The summed E-state index contributed by atoms with van der Waals surface area (Å²) in [4.78, 5) is 11.2. The molecule has 0 aliphatic rings. The van der Waals surface area contributed by atoms with E-state index in [1.807, 2.05) is 0 Å². The zero-order valence-corrected chi connectivity index (χ0v) is 10.2. The lowest BCUT2D eigenvalue weighted by molar-refractivity contribution is -0.0500. The van der Waals surface area contributed by atoms with Crippen molar-refractivity contribution in [1.82, 2.24) is 0 Å². The quantitative estimate of drug-likeness (QED) is 0.485. The van der Waals surface area contributed by atoms with Gasteiger partial charge in [-0.05, 0) is 26.0 Å². The van der Waals surface area contributed by atoms with Crippen LogP contribution in [-0.4, -0.2) is 19.7 Å². The Morgan fingerprint density at radius 3 is 2.28 bits per heavy atom. The highest BCUT2D eigenvalue weighted by Gasteiger charge is 2.48. The number of carbonyl (C=O) groups is 1. The molecule has 0 spiro atoms. The summed E-state index contributed by atoms with van der Waals surface area (Å²) in [5.41, 5.74) is -5.16. The van der Waals surface area contributed by atoms with Gasteiger partial charge in [-0.2, -0.15) is 21.6 Å². The molecule has 8 heteroatoms. The summed E-state index contributed by atoms with van der Waals surface area (Å²) in [7, 11) is -5.77. The Balaban J connectivity index is 3.25. The average molecular weight is 282 g/mol. The standard InChI is InChI=1S/C10H9F3O4S/c1-6-3-4-9(8(5-6)7(2)14)17-18(15,16)10(11,12)13/h3-5H,1-2H3. The topological polar surface area (TPSA) is 60.4 Å². The zero-order valence-electron chi connectivity index (χ0n) is 9.41. The fourth-order valence-corrected chi connectivity index (χ4v) is 1.63. The Morgan fingerprint density at radius 1 is 1.28 bits per heavy atom. The summed E-state index contributed by atoms with van der Waals surface area (Å²) in [6, 6.07) is 3.60. The first-order chi connectivity index (χ1) is 8.04. The number of halogens is 3. The minimum absolute atomic E-state index is 0.220. The highest BCUT2D eigenvalue weighted by atomic mass is 32.2. The van der Waals surface area contributed by atoms with Crippen LogP contribution in [0.4, 0.5) is 13.2 Å². The van der Waals surface area contributed by atoms with Gasteiger partial charge in [0, 0.05) is 0 Å². The van der Waals surface area contributed by atoms with Crippen LogP contribution in [0.5, 0.6) is 5.75 Å². The van der Waals surface area contributed by atoms with E-state index >= 15 is 0 Å². The van der Waals surface area contributed by atoms with Crippen LogP contribution >= 0.6 is 0 Å². The lowest BCUT2D eigenvalue weighted by Crippen LogP contribution is -2.28. The Labute approximate surface area is 101 Å². The maximum Gasteiger partial charge on any atom is 0.534 e. The summed E-state index contributed by atoms with van der Waals surface area (Å²) in [6.07, 6.45) is 0. The summed E-state index contributed by atoms with van der Waals surface area (Å²) in [5.74, 6) is -1.23. The first kappa shape index (κ1) is 14.5. The van der Waals surface area contributed by atoms with E-state index in [2.05, 4.69) is 4.18 Å². The Morgan fingerprint density at radius 2 is 1.83 bits per heavy atom. The largest absolute Gasteiger partial charge is 0.534 e. The molecular weight excluding hydrogens is 273 g/mol. The summed E-state index contributed by atoms with van der Waals surface area (Å²) in [6.45, 7) is 2.70. The van der Waals surface area contributed by atoms with Crippen LogP contribution in [0.2, 0.25) is 0 Å². The van der Waals surface area contributed by atoms with Gasteiger partial charge in [0.2, 0.25) is 0 Å². The van der Waals surface area contributed by atoms with Gasteiger partial charge in [0.05, 0.1) is 5.56 Å². The van der Waals surface area contributed by atoms with Crippen LogP contribution in [0.1, 0.15) is 22.8 Å². The number of hydrogen-bond donors (Lipinski definition) is 0. The fourth-order valence-electron chi connectivity index (χ4n) is 1.16. The van der Waals surface area contributed by atoms with Crippen molar-refractivity contribution < 1.29 is 30.6 Å². The van der Waals surface area contributed by atoms with Crippen molar-refractivity contribution in [3.8, 4) is 5.75 Å². The first-order valence-corrected chi connectivity index (χ1v) is 6.08. The number of rotatable bonds is 3. The van der Waals surface area contributed by atoms with E-state index in [0.717, 1.165) is 13.0 Å². The van der Waals surface area contributed by atoms with Crippen molar-refractivity contribution in [2.24, 2.45) is 0 Å². The molecule has 18 heavy (non-hydrogen) atoms. The van der Waals surface area contributed by atoms with Crippen molar-refractivity contribution >= 4 is 15.9 Å². The number of ketones is 1. The molecule has 1 aromatic carbocycles. The monoisotopic (exact) mass is 282 g/mol. The zero-order chi connectivity index (χ0) is 14.1. The van der Waals surface area contributed by atoms with Crippen molar-refractivity contribution in [3.05, 3.63) is 29.3 Å². The minimum atomic E-state index is -5.77. The van der Waals surface area contributed by atoms with Crippen LogP contribution < -0.4 is 4.18 Å². The Hall–Kier alpha value is -1.57. The third kappa shape index (κ3) is 3.00. The molecule has 0 aliphatic heterocycles. The van der Waals surface area contributed by atoms with E-state index < -0.39 is 27.2 Å². The molecule has 0 saturated heterocycles. The summed E-state index contributed by atoms with van der Waals surface area (Å²) < 4.78 is 62.0. The molecule has 0 aliphatic carbocycles. The molecule has 0 unspecified atom stereocenters. The normalized spacial score (nSPS) is 12.3. The fraction of sp³-hybridized carbons (Fsp3) is 0.300. The maximum atomic E-state index is 12.1. The van der Waals surface area contributed by atoms with Gasteiger partial charge in [-0.15, -0.1) is 0 Å². The highest BCUT2D eigenvalue weighted by molar-refractivity contribution is 7.88. The van der Waals surface area contributed by atoms with Gasteiger partial charge in [-0.3, -0.25) is 4.79 Å². The van der Waals surface area contributed by atoms with E-state index in [9.17, 15) is 26.4 Å². The second-order valence-electron chi connectivity index (χ2n) is 3.54. The molecule has 100 valence electrons. The molecule has 1 aromatic rings. The number of hydrogen-bond acceptors (Lipinski definition) is 4. The Bertz CT molecular complexity index is 575. The molecule has 0 bridgehead atoms. The van der Waals surface area contributed by atoms with Crippen LogP contribution in [0.3, 0.4) is 0 Å². The molecule has 0 saturated carbocycles. The van der Waals surface area contributed by atoms with Crippen LogP contribution in [0.25, 0.3) is 0 Å². The second-order valence-corrected chi connectivity index (χ2v) is 5.08. The molecule has 1 rings (SSSR count). The molecule has 0 fully saturated rings. The van der Waals surface area contributed by atoms with E-state index in [1.165, 1.54) is 12.1 Å². The second kappa shape index (κ2) is 4.60. The van der Waals surface area contributed by atoms with Gasteiger partial charge in [0.1, 0.15) is 0 Å². The molecule has 0 amide bonds. The van der Waals surface area contributed by atoms with Crippen molar-refractivity contribution in [2.45, 2.75) is 19.4 Å². The van der Waals surface area contributed by atoms with Crippen LogP contribution in [0.15, 0.2) is 18.2 Å². The highest BCUT2D eigenvalue weighted by Crippen LogP contribution is 2.29. The van der Waals surface area contributed by atoms with E-state index in [1.54, 1.807) is 6.92 Å². The molecule has 0 radical (unpaired) electrons. The lowest BCUT2D eigenvalue weighted by atomic mass is 10.1. The third-order valence-electron chi connectivity index (χ3n) is 2.00. The predicted octanol–water partition coefficient (Wildman–Crippen LogP) is 2.43. The SMILES string of the molecule is CC(=O)c1cc(C)ccc1OS(=O)(=O)C(F)(F)F. The smallest absolute Gasteiger partial charge is 0.375 e. The number of alkyl halides is 3. The lowest BCUT2D eigenvalue weighted by Gasteiger charge is -2.12. The maximum absolute atomic E-state index is 12.1. The van der Waals surface area contributed by atoms with E-state index in [4.69, 9.17) is 0 Å². The van der Waals surface area contributed by atoms with Gasteiger partial charge < -0.3 is 4.18 Å². The number of carbonyl (C=O) groups excluding carboxylic acids is 1. The summed E-state index contributed by atoms with van der Waals surface area (Å²) in [5, 5.41) is 0. The van der Waals surface area contributed by atoms with Gasteiger partial charge in [0.25, 0.3) is 0 Å². The number of aryl methyl sites for hydroxylation is 1. The van der Waals surface area contributed by atoms with Crippen molar-refractivity contribution in [1.29, 1.82) is 0 Å². The van der Waals surface area contributed by atoms with E-state index in [-0.39, 0.29) is 5.56 Å². The van der Waals surface area contributed by atoms with Gasteiger partial charge in [-0.1, -0.05) is 11.6 Å². The predicted molar refractivity (Wildman–Crippen MR) is 56.8 cm³/mol. The van der Waals surface area contributed by atoms with Gasteiger partial charge >= 0.3 is 15.6 Å². The van der Waals surface area contributed by atoms with Crippen molar-refractivity contribution in [2.75, 3.05) is 0 Å². The Kier molecular flexibility index (Phi) is 3.70. The summed E-state index contributed by atoms with van der Waals surface area (Å²) >= 11 is 0. The van der Waals surface area contributed by atoms with E-state index in [0.29, 0.717) is 5.56 Å². The van der Waals surface area contributed by atoms with Crippen LogP contribution in [0, 0.1) is 6.92 Å². The average Bonchev–Trinajstić information content (AvgIpc) is 2.18.